The molecule has 5 nitrogen and oxygen atoms in total. The second-order valence-corrected chi connectivity index (χ2v) is 4.91. The van der Waals surface area contributed by atoms with Crippen LogP contribution in [0.3, 0.4) is 0 Å². The van der Waals surface area contributed by atoms with Gasteiger partial charge in [0.15, 0.2) is 0 Å². The number of nitrogens with zero attached hydrogens (tertiary/aromatic N) is 1. The predicted octanol–water partition coefficient (Wildman–Crippen LogP) is 1.39. The molecule has 0 saturated heterocycles. The molecule has 1 rings (SSSR count). The maximum atomic E-state index is 11.8. The molecule has 16 heavy (non-hydrogen) atoms. The Morgan fingerprint density at radius 1 is 1.19 bits per heavy atom. The van der Waals surface area contributed by atoms with Crippen molar-refractivity contribution in [1.82, 2.24) is 4.31 Å². The molecule has 0 spiro atoms. The van der Waals surface area contributed by atoms with Crippen LogP contribution in [0, 0.1) is 0 Å². The minimum Gasteiger partial charge on any atom is -0.508 e. The van der Waals surface area contributed by atoms with Crippen molar-refractivity contribution in [2.75, 3.05) is 17.8 Å². The summed E-state index contributed by atoms with van der Waals surface area (Å²) in [6, 6.07) is 5.88. The van der Waals surface area contributed by atoms with Gasteiger partial charge in [0.05, 0.1) is 5.69 Å². The second kappa shape index (κ2) is 5.18. The van der Waals surface area contributed by atoms with Crippen LogP contribution in [0.25, 0.3) is 0 Å². The molecule has 1 aromatic rings. The molecule has 0 aromatic heterocycles. The molecule has 2 N–H and O–H groups in total. The summed E-state index contributed by atoms with van der Waals surface area (Å²) in [4.78, 5) is 0. The van der Waals surface area contributed by atoms with Crippen LogP contribution < -0.4 is 4.72 Å². The first-order valence-electron chi connectivity index (χ1n) is 5.06. The SMILES string of the molecule is CCN(CC)S(=O)(=O)Nc1ccc(O)cc1. The molecule has 1 aromatic carbocycles. The Morgan fingerprint density at radius 3 is 2.12 bits per heavy atom. The number of anilines is 1. The van der Waals surface area contributed by atoms with Gasteiger partial charge in [-0.1, -0.05) is 13.8 Å². The Hall–Kier alpha value is -1.27. The molecule has 0 aliphatic heterocycles. The van der Waals surface area contributed by atoms with E-state index in [2.05, 4.69) is 4.72 Å². The first-order chi connectivity index (χ1) is 7.49. The second-order valence-electron chi connectivity index (χ2n) is 3.24. The number of rotatable bonds is 5. The van der Waals surface area contributed by atoms with Crippen molar-refractivity contribution in [2.24, 2.45) is 0 Å². The lowest BCUT2D eigenvalue weighted by molar-refractivity contribution is 0.449. The van der Waals surface area contributed by atoms with E-state index in [9.17, 15) is 8.42 Å². The minimum absolute atomic E-state index is 0.103. The molecule has 90 valence electrons. The molecule has 0 bridgehead atoms. The first kappa shape index (κ1) is 12.8. The summed E-state index contributed by atoms with van der Waals surface area (Å²) < 4.78 is 27.4. The van der Waals surface area contributed by atoms with E-state index in [1.54, 1.807) is 13.8 Å². The van der Waals surface area contributed by atoms with Crippen molar-refractivity contribution in [3.63, 3.8) is 0 Å². The van der Waals surface area contributed by atoms with Crippen molar-refractivity contribution in [3.8, 4) is 5.75 Å². The standard InChI is InChI=1S/C10H16N2O3S/c1-3-12(4-2)16(14,15)11-9-5-7-10(13)8-6-9/h5-8,11,13H,3-4H2,1-2H3. The van der Waals surface area contributed by atoms with Gasteiger partial charge in [-0.25, -0.2) is 0 Å². The van der Waals surface area contributed by atoms with Gasteiger partial charge in [-0.15, -0.1) is 0 Å². The lowest BCUT2D eigenvalue weighted by Crippen LogP contribution is -2.35. The number of hydrogen-bond acceptors (Lipinski definition) is 3. The summed E-state index contributed by atoms with van der Waals surface area (Å²) in [6.45, 7) is 4.40. The molecule has 0 amide bonds. The first-order valence-corrected chi connectivity index (χ1v) is 6.50. The summed E-state index contributed by atoms with van der Waals surface area (Å²) in [7, 11) is -3.49. The summed E-state index contributed by atoms with van der Waals surface area (Å²) in [5.74, 6) is 0.103. The van der Waals surface area contributed by atoms with E-state index in [1.807, 2.05) is 0 Å². The van der Waals surface area contributed by atoms with Gasteiger partial charge in [0.2, 0.25) is 0 Å². The highest BCUT2D eigenvalue weighted by molar-refractivity contribution is 7.90. The van der Waals surface area contributed by atoms with Gasteiger partial charge in [-0.2, -0.15) is 12.7 Å². The zero-order valence-electron chi connectivity index (χ0n) is 9.34. The highest BCUT2D eigenvalue weighted by Gasteiger charge is 2.17. The molecule has 0 aliphatic rings. The number of aromatic hydroxyl groups is 1. The van der Waals surface area contributed by atoms with E-state index in [0.29, 0.717) is 18.8 Å². The van der Waals surface area contributed by atoms with Gasteiger partial charge >= 0.3 is 10.2 Å². The topological polar surface area (TPSA) is 69.6 Å². The Labute approximate surface area is 95.9 Å². The predicted molar refractivity (Wildman–Crippen MR) is 63.6 cm³/mol. The number of hydrogen-bond donors (Lipinski definition) is 2. The molecule has 0 saturated carbocycles. The Bertz CT molecular complexity index is 424. The van der Waals surface area contributed by atoms with Crippen LogP contribution in [-0.4, -0.2) is 30.9 Å². The number of phenols is 1. The molecular weight excluding hydrogens is 228 g/mol. The smallest absolute Gasteiger partial charge is 0.301 e. The Balaban J connectivity index is 2.84. The van der Waals surface area contributed by atoms with Crippen LogP contribution in [0.5, 0.6) is 5.75 Å². The van der Waals surface area contributed by atoms with E-state index in [-0.39, 0.29) is 5.75 Å². The molecular formula is C10H16N2O3S. The largest absolute Gasteiger partial charge is 0.508 e. The maximum Gasteiger partial charge on any atom is 0.301 e. The van der Waals surface area contributed by atoms with Crippen LogP contribution >= 0.6 is 0 Å². The number of benzene rings is 1. The monoisotopic (exact) mass is 244 g/mol. The van der Waals surface area contributed by atoms with Crippen molar-refractivity contribution >= 4 is 15.9 Å². The quantitative estimate of drug-likeness (QED) is 0.769. The average Bonchev–Trinajstić information content (AvgIpc) is 2.22. The number of phenolic OH excluding ortho intramolecular Hbond substituents is 1. The lowest BCUT2D eigenvalue weighted by atomic mass is 10.3. The van der Waals surface area contributed by atoms with Crippen LogP contribution in [0.15, 0.2) is 24.3 Å². The molecule has 0 heterocycles. The summed E-state index contributed by atoms with van der Waals surface area (Å²) >= 11 is 0. The third-order valence-corrected chi connectivity index (χ3v) is 3.85. The fourth-order valence-electron chi connectivity index (χ4n) is 1.31. The van der Waals surface area contributed by atoms with Crippen molar-refractivity contribution in [2.45, 2.75) is 13.8 Å². The Morgan fingerprint density at radius 2 is 1.69 bits per heavy atom. The fraction of sp³-hybridized carbons (Fsp3) is 0.400. The van der Waals surface area contributed by atoms with Crippen LogP contribution in [0.1, 0.15) is 13.8 Å². The fourth-order valence-corrected chi connectivity index (χ4v) is 2.55. The van der Waals surface area contributed by atoms with Crippen molar-refractivity contribution in [3.05, 3.63) is 24.3 Å². The van der Waals surface area contributed by atoms with Gasteiger partial charge in [0.1, 0.15) is 5.75 Å². The average molecular weight is 244 g/mol. The summed E-state index contributed by atoms with van der Waals surface area (Å²) in [5.41, 5.74) is 0.435. The molecule has 0 aliphatic carbocycles. The van der Waals surface area contributed by atoms with E-state index in [0.717, 1.165) is 0 Å². The van der Waals surface area contributed by atoms with E-state index >= 15 is 0 Å². The molecule has 0 unspecified atom stereocenters. The zero-order valence-corrected chi connectivity index (χ0v) is 10.2. The third-order valence-electron chi connectivity index (χ3n) is 2.16. The lowest BCUT2D eigenvalue weighted by Gasteiger charge is -2.19. The third kappa shape index (κ3) is 3.11. The highest BCUT2D eigenvalue weighted by Crippen LogP contribution is 2.15. The van der Waals surface area contributed by atoms with Gasteiger partial charge in [0, 0.05) is 13.1 Å². The maximum absolute atomic E-state index is 11.8. The summed E-state index contributed by atoms with van der Waals surface area (Å²) in [6.07, 6.45) is 0. The Kier molecular flexibility index (Phi) is 4.14. The van der Waals surface area contributed by atoms with Gasteiger partial charge < -0.3 is 5.11 Å². The van der Waals surface area contributed by atoms with Crippen molar-refractivity contribution < 1.29 is 13.5 Å². The molecule has 6 heteroatoms. The van der Waals surface area contributed by atoms with E-state index < -0.39 is 10.2 Å². The summed E-state index contributed by atoms with van der Waals surface area (Å²) in [5, 5.41) is 9.07. The van der Waals surface area contributed by atoms with Crippen molar-refractivity contribution in [1.29, 1.82) is 0 Å². The highest BCUT2D eigenvalue weighted by atomic mass is 32.2. The normalized spacial score (nSPS) is 11.7. The molecule has 0 fully saturated rings. The van der Waals surface area contributed by atoms with Gasteiger partial charge in [0.25, 0.3) is 0 Å². The molecule has 0 atom stereocenters. The van der Waals surface area contributed by atoms with Crippen LogP contribution in [0.4, 0.5) is 5.69 Å². The van der Waals surface area contributed by atoms with Crippen LogP contribution in [-0.2, 0) is 10.2 Å². The minimum atomic E-state index is -3.49. The van der Waals surface area contributed by atoms with Gasteiger partial charge in [-0.3, -0.25) is 4.72 Å². The zero-order chi connectivity index (χ0) is 12.2. The van der Waals surface area contributed by atoms with E-state index in [1.165, 1.54) is 28.6 Å². The number of nitrogens with one attached hydrogen (secondary N) is 1. The van der Waals surface area contributed by atoms with E-state index in [4.69, 9.17) is 5.11 Å². The van der Waals surface area contributed by atoms with Crippen LogP contribution in [0.2, 0.25) is 0 Å². The van der Waals surface area contributed by atoms with Gasteiger partial charge in [-0.05, 0) is 24.3 Å². The molecule has 0 radical (unpaired) electrons.